The Kier molecular flexibility index (Phi) is 6.65. The summed E-state index contributed by atoms with van der Waals surface area (Å²) in [5.74, 6) is 0.775. The van der Waals surface area contributed by atoms with Crippen LogP contribution in [0, 0.1) is 0 Å². The van der Waals surface area contributed by atoms with Gasteiger partial charge < -0.3 is 5.32 Å². The zero-order valence-electron chi connectivity index (χ0n) is 10.9. The van der Waals surface area contributed by atoms with Crippen LogP contribution in [0.1, 0.15) is 11.8 Å². The van der Waals surface area contributed by atoms with E-state index in [1.165, 1.54) is 11.3 Å². The summed E-state index contributed by atoms with van der Waals surface area (Å²) in [7, 11) is -1.47. The molecular formula is C11H20N2O2S3. The van der Waals surface area contributed by atoms with Gasteiger partial charge in [-0.05, 0) is 45.3 Å². The van der Waals surface area contributed by atoms with Gasteiger partial charge in [-0.25, -0.2) is 13.1 Å². The third-order valence-electron chi connectivity index (χ3n) is 2.30. The molecule has 7 heteroatoms. The van der Waals surface area contributed by atoms with Gasteiger partial charge in [-0.2, -0.15) is 11.8 Å². The third kappa shape index (κ3) is 4.89. The highest BCUT2D eigenvalue weighted by Crippen LogP contribution is 2.22. The molecule has 0 aliphatic heterocycles. The van der Waals surface area contributed by atoms with Crippen LogP contribution in [0.3, 0.4) is 0 Å². The van der Waals surface area contributed by atoms with Gasteiger partial charge in [-0.15, -0.1) is 11.3 Å². The molecule has 0 aromatic carbocycles. The summed E-state index contributed by atoms with van der Waals surface area (Å²) in [5, 5.41) is 3.05. The Morgan fingerprint density at radius 1 is 1.44 bits per heavy atom. The molecule has 0 bridgehead atoms. The van der Waals surface area contributed by atoms with Crippen LogP contribution in [0.2, 0.25) is 0 Å². The largest absolute Gasteiger partial charge is 0.319 e. The maximum Gasteiger partial charge on any atom is 0.250 e. The van der Waals surface area contributed by atoms with Crippen molar-refractivity contribution in [3.8, 4) is 0 Å². The van der Waals surface area contributed by atoms with Crippen molar-refractivity contribution < 1.29 is 8.42 Å². The molecule has 0 aliphatic rings. The highest BCUT2D eigenvalue weighted by molar-refractivity contribution is 7.98. The molecule has 0 radical (unpaired) electrons. The molecule has 0 fully saturated rings. The van der Waals surface area contributed by atoms with Crippen molar-refractivity contribution in [1.82, 2.24) is 10.0 Å². The van der Waals surface area contributed by atoms with E-state index in [1.54, 1.807) is 17.8 Å². The van der Waals surface area contributed by atoms with Crippen molar-refractivity contribution in [3.05, 3.63) is 17.0 Å². The maximum absolute atomic E-state index is 12.1. The van der Waals surface area contributed by atoms with Crippen LogP contribution in [0.25, 0.3) is 0 Å². The average molecular weight is 308 g/mol. The first-order valence-corrected chi connectivity index (χ1v) is 9.43. The molecule has 0 aliphatic carbocycles. The second kappa shape index (κ2) is 7.49. The zero-order chi connectivity index (χ0) is 13.6. The molecule has 1 heterocycles. The topological polar surface area (TPSA) is 58.2 Å². The monoisotopic (exact) mass is 308 g/mol. The summed E-state index contributed by atoms with van der Waals surface area (Å²) in [6, 6.07) is 3.52. The molecule has 18 heavy (non-hydrogen) atoms. The van der Waals surface area contributed by atoms with Crippen LogP contribution < -0.4 is 10.0 Å². The number of rotatable bonds is 8. The lowest BCUT2D eigenvalue weighted by Crippen LogP contribution is -2.33. The Hall–Kier alpha value is -0.0800. The van der Waals surface area contributed by atoms with E-state index in [1.807, 2.05) is 26.3 Å². The lowest BCUT2D eigenvalue weighted by atomic mass is 10.3. The fourth-order valence-corrected chi connectivity index (χ4v) is 4.80. The molecule has 2 N–H and O–H groups in total. The van der Waals surface area contributed by atoms with Gasteiger partial charge in [0.1, 0.15) is 4.21 Å². The average Bonchev–Trinajstić information content (AvgIpc) is 2.75. The fourth-order valence-electron chi connectivity index (χ4n) is 1.49. The summed E-state index contributed by atoms with van der Waals surface area (Å²) in [5.41, 5.74) is 0. The van der Waals surface area contributed by atoms with Gasteiger partial charge in [0, 0.05) is 16.7 Å². The number of likely N-dealkylation sites (N-methyl/N-ethyl adjacent to an activating group) is 1. The van der Waals surface area contributed by atoms with E-state index >= 15 is 0 Å². The Labute approximate surface area is 118 Å². The smallest absolute Gasteiger partial charge is 0.250 e. The quantitative estimate of drug-likeness (QED) is 0.765. The summed E-state index contributed by atoms with van der Waals surface area (Å²) in [6.07, 6.45) is 2.82. The van der Waals surface area contributed by atoms with Crippen LogP contribution in [0.15, 0.2) is 16.3 Å². The predicted octanol–water partition coefficient (Wildman–Crippen LogP) is 1.54. The van der Waals surface area contributed by atoms with E-state index in [2.05, 4.69) is 10.0 Å². The Morgan fingerprint density at radius 3 is 2.78 bits per heavy atom. The number of sulfonamides is 1. The fraction of sp³-hybridized carbons (Fsp3) is 0.636. The zero-order valence-corrected chi connectivity index (χ0v) is 13.3. The SMILES string of the molecule is CNCCc1ccc(S(=O)(=O)NC(C)CSC)s1. The van der Waals surface area contributed by atoms with Crippen molar-refractivity contribution in [2.24, 2.45) is 0 Å². The Bertz CT molecular complexity index is 457. The molecule has 1 unspecified atom stereocenters. The van der Waals surface area contributed by atoms with Crippen molar-refractivity contribution in [2.45, 2.75) is 23.6 Å². The Balaban J connectivity index is 2.69. The third-order valence-corrected chi connectivity index (χ3v) is 6.36. The van der Waals surface area contributed by atoms with E-state index in [0.29, 0.717) is 4.21 Å². The van der Waals surface area contributed by atoms with E-state index < -0.39 is 10.0 Å². The summed E-state index contributed by atoms with van der Waals surface area (Å²) >= 11 is 2.97. The number of hydrogen-bond donors (Lipinski definition) is 2. The van der Waals surface area contributed by atoms with Crippen molar-refractivity contribution >= 4 is 33.1 Å². The van der Waals surface area contributed by atoms with E-state index in [9.17, 15) is 8.42 Å². The highest BCUT2D eigenvalue weighted by atomic mass is 32.2. The van der Waals surface area contributed by atoms with Crippen LogP contribution in [0.4, 0.5) is 0 Å². The number of thioether (sulfide) groups is 1. The normalized spacial score (nSPS) is 13.7. The molecule has 1 aromatic rings. The first kappa shape index (κ1) is 16.0. The van der Waals surface area contributed by atoms with Gasteiger partial charge in [0.05, 0.1) is 0 Å². The lowest BCUT2D eigenvalue weighted by molar-refractivity contribution is 0.573. The minimum atomic E-state index is -3.35. The standard InChI is InChI=1S/C11H20N2O2S3/c1-9(8-16-3)13-18(14,15)11-5-4-10(17-11)6-7-12-2/h4-5,9,12-13H,6-8H2,1-3H3. The highest BCUT2D eigenvalue weighted by Gasteiger charge is 2.19. The summed E-state index contributed by atoms with van der Waals surface area (Å²) in [6.45, 7) is 2.74. The molecule has 0 saturated heterocycles. The van der Waals surface area contributed by atoms with Crippen molar-refractivity contribution in [2.75, 3.05) is 25.6 Å². The minimum Gasteiger partial charge on any atom is -0.319 e. The van der Waals surface area contributed by atoms with E-state index in [0.717, 1.165) is 23.6 Å². The van der Waals surface area contributed by atoms with Gasteiger partial charge in [-0.3, -0.25) is 0 Å². The molecule has 104 valence electrons. The maximum atomic E-state index is 12.1. The van der Waals surface area contributed by atoms with Crippen LogP contribution in [-0.4, -0.2) is 40.1 Å². The van der Waals surface area contributed by atoms with E-state index in [-0.39, 0.29) is 6.04 Å². The van der Waals surface area contributed by atoms with Crippen molar-refractivity contribution in [3.63, 3.8) is 0 Å². The van der Waals surface area contributed by atoms with Crippen LogP contribution in [0.5, 0.6) is 0 Å². The lowest BCUT2D eigenvalue weighted by Gasteiger charge is -2.11. The molecular weight excluding hydrogens is 288 g/mol. The van der Waals surface area contributed by atoms with Crippen molar-refractivity contribution in [1.29, 1.82) is 0 Å². The summed E-state index contributed by atoms with van der Waals surface area (Å²) in [4.78, 5) is 1.09. The number of hydrogen-bond acceptors (Lipinski definition) is 5. The second-order valence-corrected chi connectivity index (χ2v) is 8.07. The molecule has 1 aromatic heterocycles. The van der Waals surface area contributed by atoms with Gasteiger partial charge in [0.2, 0.25) is 10.0 Å². The molecule has 0 amide bonds. The van der Waals surface area contributed by atoms with Crippen LogP contribution >= 0.6 is 23.1 Å². The molecule has 0 saturated carbocycles. The van der Waals surface area contributed by atoms with Gasteiger partial charge >= 0.3 is 0 Å². The minimum absolute atomic E-state index is 0.0483. The van der Waals surface area contributed by atoms with Gasteiger partial charge in [0.25, 0.3) is 0 Å². The number of thiophene rings is 1. The summed E-state index contributed by atoms with van der Waals surface area (Å²) < 4.78 is 27.3. The second-order valence-electron chi connectivity index (χ2n) is 4.05. The van der Waals surface area contributed by atoms with Gasteiger partial charge in [0.15, 0.2) is 0 Å². The molecule has 1 rings (SSSR count). The molecule has 4 nitrogen and oxygen atoms in total. The first-order valence-electron chi connectivity index (χ1n) is 5.74. The number of nitrogens with one attached hydrogen (secondary N) is 2. The van der Waals surface area contributed by atoms with Crippen LogP contribution in [-0.2, 0) is 16.4 Å². The Morgan fingerprint density at radius 2 is 2.17 bits per heavy atom. The first-order chi connectivity index (χ1) is 8.49. The predicted molar refractivity (Wildman–Crippen MR) is 80.1 cm³/mol. The van der Waals surface area contributed by atoms with E-state index in [4.69, 9.17) is 0 Å². The molecule has 1 atom stereocenters. The van der Waals surface area contributed by atoms with Gasteiger partial charge in [-0.1, -0.05) is 0 Å². The molecule has 0 spiro atoms.